The van der Waals surface area contributed by atoms with Crippen LogP contribution in [0.1, 0.15) is 40.4 Å². The lowest BCUT2D eigenvalue weighted by molar-refractivity contribution is -0.181. The maximum Gasteiger partial charge on any atom is 0.393 e. The molecule has 186 valence electrons. The van der Waals surface area contributed by atoms with Crippen LogP contribution in [0.3, 0.4) is 0 Å². The molecule has 2 aliphatic heterocycles. The molecule has 5 rings (SSSR count). The summed E-state index contributed by atoms with van der Waals surface area (Å²) in [5.41, 5.74) is 3.06. The van der Waals surface area contributed by atoms with Gasteiger partial charge in [-0.05, 0) is 68.6 Å². The smallest absolute Gasteiger partial charge is 0.358 e. The average Bonchev–Trinajstić information content (AvgIpc) is 3.42. The van der Waals surface area contributed by atoms with E-state index in [0.29, 0.717) is 30.7 Å². The minimum atomic E-state index is -4.36. The van der Waals surface area contributed by atoms with Gasteiger partial charge in [-0.3, -0.25) is 4.79 Å². The summed E-state index contributed by atoms with van der Waals surface area (Å²) in [6.45, 7) is 3.37. The number of aryl methyl sites for hydroxylation is 1. The van der Waals surface area contributed by atoms with Gasteiger partial charge >= 0.3 is 6.18 Å². The highest BCUT2D eigenvalue weighted by Gasteiger charge is 2.51. The van der Waals surface area contributed by atoms with Gasteiger partial charge in [-0.2, -0.15) is 13.2 Å². The number of hydrogen-bond donors (Lipinski definition) is 1. The maximum atomic E-state index is 14.0. The Bertz CT molecular complexity index is 1200. The van der Waals surface area contributed by atoms with E-state index in [1.807, 2.05) is 19.1 Å². The molecule has 2 unspecified atom stereocenters. The molecule has 3 heterocycles. The van der Waals surface area contributed by atoms with Crippen molar-refractivity contribution >= 4 is 16.8 Å². The zero-order valence-corrected chi connectivity index (χ0v) is 19.6. The fraction of sp³-hybridized carbons (Fsp3) is 0.444. The largest absolute Gasteiger partial charge is 0.393 e. The van der Waals surface area contributed by atoms with E-state index >= 15 is 0 Å². The van der Waals surface area contributed by atoms with E-state index in [0.717, 1.165) is 29.5 Å². The van der Waals surface area contributed by atoms with E-state index in [1.54, 1.807) is 24.3 Å². The molecule has 0 radical (unpaired) electrons. The molecule has 2 atom stereocenters. The number of aromatic amines is 1. The molecule has 3 aromatic rings. The second kappa shape index (κ2) is 9.30. The number of fused-ring (bicyclic) bond motifs is 1. The van der Waals surface area contributed by atoms with Crippen LogP contribution in [-0.4, -0.2) is 59.6 Å². The Morgan fingerprint density at radius 2 is 1.77 bits per heavy atom. The number of carbonyl (C=O) groups excluding carboxylic acids is 1. The van der Waals surface area contributed by atoms with Crippen LogP contribution in [0.15, 0.2) is 48.5 Å². The van der Waals surface area contributed by atoms with Crippen molar-refractivity contribution in [2.24, 2.45) is 11.8 Å². The van der Waals surface area contributed by atoms with Gasteiger partial charge in [0.05, 0.1) is 17.0 Å². The third kappa shape index (κ3) is 4.94. The highest BCUT2D eigenvalue weighted by Crippen LogP contribution is 2.39. The van der Waals surface area contributed by atoms with Crippen LogP contribution in [0.4, 0.5) is 17.6 Å². The molecule has 2 saturated heterocycles. The van der Waals surface area contributed by atoms with E-state index in [2.05, 4.69) is 9.88 Å². The fourth-order valence-corrected chi connectivity index (χ4v) is 5.75. The summed E-state index contributed by atoms with van der Waals surface area (Å²) in [4.78, 5) is 19.9. The van der Waals surface area contributed by atoms with Gasteiger partial charge < -0.3 is 14.8 Å². The average molecular weight is 488 g/mol. The van der Waals surface area contributed by atoms with E-state index in [9.17, 15) is 22.4 Å². The fourth-order valence-electron chi connectivity index (χ4n) is 5.75. The van der Waals surface area contributed by atoms with Gasteiger partial charge in [-0.25, -0.2) is 4.39 Å². The second-order valence-corrected chi connectivity index (χ2v) is 9.97. The van der Waals surface area contributed by atoms with Crippen molar-refractivity contribution in [2.45, 2.75) is 31.9 Å². The number of rotatable bonds is 4. The van der Waals surface area contributed by atoms with Gasteiger partial charge in [-0.15, -0.1) is 0 Å². The number of H-pyrrole nitrogens is 1. The number of hydrogen-bond acceptors (Lipinski definition) is 2. The van der Waals surface area contributed by atoms with Crippen molar-refractivity contribution in [2.75, 3.05) is 32.7 Å². The Labute approximate surface area is 201 Å². The molecule has 8 heteroatoms. The summed E-state index contributed by atoms with van der Waals surface area (Å²) in [6.07, 6.45) is -2.71. The first-order valence-corrected chi connectivity index (χ1v) is 12.1. The number of carbonyl (C=O) groups is 1. The molecule has 0 bridgehead atoms. The predicted octanol–water partition coefficient (Wildman–Crippen LogP) is 5.75. The number of para-hydroxylation sites is 1. The standard InChI is InChI=1S/C27H29F4N3O/c1-17-13-20-3-2-4-23(25(20)32-17)26(35)34-15-21(24(16-34)27(29,30)31)14-33-11-9-19(10-12-33)18-5-7-22(28)8-6-18/h2-8,13,19,21,24,32H,9-12,14-16H2,1H3. The monoisotopic (exact) mass is 487 g/mol. The zero-order valence-electron chi connectivity index (χ0n) is 19.6. The third-order valence-electron chi connectivity index (χ3n) is 7.59. The number of piperidine rings is 1. The minimum Gasteiger partial charge on any atom is -0.358 e. The first kappa shape index (κ1) is 23.9. The number of benzene rings is 2. The molecule has 35 heavy (non-hydrogen) atoms. The number of nitrogens with one attached hydrogen (secondary N) is 1. The van der Waals surface area contributed by atoms with Crippen molar-refractivity contribution in [1.29, 1.82) is 0 Å². The maximum absolute atomic E-state index is 14.0. The lowest BCUT2D eigenvalue weighted by Crippen LogP contribution is -2.41. The highest BCUT2D eigenvalue weighted by molar-refractivity contribution is 6.06. The minimum absolute atomic E-state index is 0.0942. The van der Waals surface area contributed by atoms with Crippen molar-refractivity contribution in [3.63, 3.8) is 0 Å². The summed E-state index contributed by atoms with van der Waals surface area (Å²) in [5, 5.41) is 0.875. The van der Waals surface area contributed by atoms with Gasteiger partial charge in [0.25, 0.3) is 5.91 Å². The topological polar surface area (TPSA) is 39.3 Å². The number of amides is 1. The van der Waals surface area contributed by atoms with Crippen LogP contribution < -0.4 is 0 Å². The first-order valence-electron chi connectivity index (χ1n) is 12.1. The Morgan fingerprint density at radius 1 is 1.06 bits per heavy atom. The Kier molecular flexibility index (Phi) is 6.34. The molecule has 1 N–H and O–H groups in total. The molecule has 2 aromatic carbocycles. The first-order chi connectivity index (χ1) is 16.7. The quantitative estimate of drug-likeness (QED) is 0.477. The number of likely N-dealkylation sites (tertiary alicyclic amines) is 2. The Morgan fingerprint density at radius 3 is 2.46 bits per heavy atom. The second-order valence-electron chi connectivity index (χ2n) is 9.97. The van der Waals surface area contributed by atoms with Crippen LogP contribution >= 0.6 is 0 Å². The number of alkyl halides is 3. The van der Waals surface area contributed by atoms with Crippen LogP contribution in [0.2, 0.25) is 0 Å². The van der Waals surface area contributed by atoms with Crippen LogP contribution in [0.25, 0.3) is 10.9 Å². The lowest BCUT2D eigenvalue weighted by Gasteiger charge is -2.35. The molecule has 4 nitrogen and oxygen atoms in total. The molecule has 0 aliphatic carbocycles. The van der Waals surface area contributed by atoms with E-state index in [-0.39, 0.29) is 30.7 Å². The molecular formula is C27H29F4N3O. The molecule has 1 aromatic heterocycles. The summed E-state index contributed by atoms with van der Waals surface area (Å²) < 4.78 is 55.2. The predicted molar refractivity (Wildman–Crippen MR) is 127 cm³/mol. The Balaban J connectivity index is 1.27. The normalized spacial score (nSPS) is 22.3. The van der Waals surface area contributed by atoms with Crippen LogP contribution in [0, 0.1) is 24.6 Å². The highest BCUT2D eigenvalue weighted by atomic mass is 19.4. The SMILES string of the molecule is Cc1cc2cccc(C(=O)N3CC(CN4CCC(c5ccc(F)cc5)CC4)C(C(F)(F)F)C3)c2[nH]1. The Hall–Kier alpha value is -2.87. The van der Waals surface area contributed by atoms with Crippen LogP contribution in [-0.2, 0) is 0 Å². The van der Waals surface area contributed by atoms with Gasteiger partial charge in [0.2, 0.25) is 0 Å². The van der Waals surface area contributed by atoms with Gasteiger partial charge in [0.1, 0.15) is 5.82 Å². The van der Waals surface area contributed by atoms with Crippen molar-refractivity contribution < 1.29 is 22.4 Å². The van der Waals surface area contributed by atoms with Crippen molar-refractivity contribution in [3.05, 3.63) is 71.2 Å². The molecule has 2 fully saturated rings. The van der Waals surface area contributed by atoms with E-state index < -0.39 is 18.0 Å². The molecule has 0 saturated carbocycles. The molecule has 2 aliphatic rings. The molecular weight excluding hydrogens is 458 g/mol. The van der Waals surface area contributed by atoms with E-state index in [1.165, 1.54) is 17.0 Å². The molecule has 1 amide bonds. The number of aromatic nitrogens is 1. The summed E-state index contributed by atoms with van der Waals surface area (Å²) in [6, 6.07) is 13.7. The van der Waals surface area contributed by atoms with Crippen molar-refractivity contribution in [1.82, 2.24) is 14.8 Å². The lowest BCUT2D eigenvalue weighted by atomic mass is 9.88. The van der Waals surface area contributed by atoms with Gasteiger partial charge in [-0.1, -0.05) is 24.3 Å². The summed E-state index contributed by atoms with van der Waals surface area (Å²) >= 11 is 0. The van der Waals surface area contributed by atoms with E-state index in [4.69, 9.17) is 0 Å². The van der Waals surface area contributed by atoms with Crippen LogP contribution in [0.5, 0.6) is 0 Å². The third-order valence-corrected chi connectivity index (χ3v) is 7.59. The zero-order chi connectivity index (χ0) is 24.7. The summed E-state index contributed by atoms with van der Waals surface area (Å²) in [5.74, 6) is -2.54. The van der Waals surface area contributed by atoms with Gasteiger partial charge in [0, 0.05) is 36.6 Å². The number of halogens is 4. The summed E-state index contributed by atoms with van der Waals surface area (Å²) in [7, 11) is 0. The van der Waals surface area contributed by atoms with Crippen molar-refractivity contribution in [3.8, 4) is 0 Å². The van der Waals surface area contributed by atoms with Gasteiger partial charge in [0.15, 0.2) is 0 Å². The number of nitrogens with zero attached hydrogens (tertiary/aromatic N) is 2. The molecule has 0 spiro atoms.